The van der Waals surface area contributed by atoms with Crippen LogP contribution in [0.3, 0.4) is 0 Å². The number of hydrogen-bond donors (Lipinski definition) is 1. The molecule has 0 amide bonds. The molecule has 0 aliphatic heterocycles. The molecule has 1 aliphatic rings. The predicted octanol–water partition coefficient (Wildman–Crippen LogP) is 1.70. The summed E-state index contributed by atoms with van der Waals surface area (Å²) in [6.07, 6.45) is 8.71. The van der Waals surface area contributed by atoms with Crippen LogP contribution in [0, 0.1) is 0 Å². The summed E-state index contributed by atoms with van der Waals surface area (Å²) in [6.45, 7) is 2.01. The lowest BCUT2D eigenvalue weighted by Gasteiger charge is -2.19. The third-order valence-corrected chi connectivity index (χ3v) is 5.33. The maximum Gasteiger partial charge on any atom is 0.210 e. The summed E-state index contributed by atoms with van der Waals surface area (Å²) in [4.78, 5) is 0. The molecular formula is C13H21N7S. The Morgan fingerprint density at radius 3 is 2.76 bits per heavy atom. The number of aromatic nitrogens is 6. The average molecular weight is 307 g/mol. The minimum Gasteiger partial charge on any atom is -0.327 e. The van der Waals surface area contributed by atoms with Crippen molar-refractivity contribution in [2.75, 3.05) is 0 Å². The van der Waals surface area contributed by atoms with Crippen molar-refractivity contribution in [3.8, 4) is 0 Å². The van der Waals surface area contributed by atoms with Gasteiger partial charge in [-0.15, -0.1) is 5.10 Å². The summed E-state index contributed by atoms with van der Waals surface area (Å²) < 4.78 is 3.77. The maximum absolute atomic E-state index is 6.16. The van der Waals surface area contributed by atoms with Crippen LogP contribution in [0.5, 0.6) is 0 Å². The van der Waals surface area contributed by atoms with Crippen molar-refractivity contribution < 1.29 is 0 Å². The molecule has 7 nitrogen and oxygen atoms in total. The molecule has 1 aliphatic carbocycles. The van der Waals surface area contributed by atoms with E-state index in [1.807, 2.05) is 31.0 Å². The molecule has 21 heavy (non-hydrogen) atoms. The Balaban J connectivity index is 1.82. The van der Waals surface area contributed by atoms with Gasteiger partial charge in [-0.05, 0) is 30.2 Å². The third-order valence-electron chi connectivity index (χ3n) is 3.90. The lowest BCUT2D eigenvalue weighted by Crippen LogP contribution is -2.23. The second kappa shape index (κ2) is 6.15. The van der Waals surface area contributed by atoms with Gasteiger partial charge in [-0.2, -0.15) is 5.10 Å². The van der Waals surface area contributed by atoms with Crippen molar-refractivity contribution in [2.24, 2.45) is 12.8 Å². The highest BCUT2D eigenvalue weighted by atomic mass is 32.2. The molecule has 0 aromatic carbocycles. The quantitative estimate of drug-likeness (QED) is 0.846. The monoisotopic (exact) mass is 307 g/mol. The van der Waals surface area contributed by atoms with Gasteiger partial charge in [-0.25, -0.2) is 4.68 Å². The van der Waals surface area contributed by atoms with E-state index in [2.05, 4.69) is 20.6 Å². The van der Waals surface area contributed by atoms with E-state index in [4.69, 9.17) is 5.73 Å². The molecule has 0 bridgehead atoms. The number of nitrogens with two attached hydrogens (primary N) is 1. The molecule has 1 fully saturated rings. The van der Waals surface area contributed by atoms with Crippen LogP contribution in [0.1, 0.15) is 49.5 Å². The van der Waals surface area contributed by atoms with E-state index in [9.17, 15) is 0 Å². The SMILES string of the molecule is CC(N)C(Sc1nnnn1C1CCCC1)c1cnn(C)c1. The first-order valence-electron chi connectivity index (χ1n) is 7.34. The van der Waals surface area contributed by atoms with Crippen LogP contribution in [0.2, 0.25) is 0 Å². The zero-order valence-corrected chi connectivity index (χ0v) is 13.2. The average Bonchev–Trinajstić information content (AvgIpc) is 3.16. The van der Waals surface area contributed by atoms with Crippen molar-refractivity contribution in [3.05, 3.63) is 18.0 Å². The minimum absolute atomic E-state index is 0.00655. The molecule has 2 aromatic rings. The molecule has 0 radical (unpaired) electrons. The number of hydrogen-bond acceptors (Lipinski definition) is 6. The molecule has 114 valence electrons. The fraction of sp³-hybridized carbons (Fsp3) is 0.692. The van der Waals surface area contributed by atoms with Crippen LogP contribution in [0.4, 0.5) is 0 Å². The van der Waals surface area contributed by atoms with Crippen LogP contribution in [-0.4, -0.2) is 36.0 Å². The molecule has 0 spiro atoms. The summed E-state index contributed by atoms with van der Waals surface area (Å²) in [6, 6.07) is 0.429. The second-order valence-corrected chi connectivity index (χ2v) is 6.80. The van der Waals surface area contributed by atoms with E-state index in [-0.39, 0.29) is 11.3 Å². The summed E-state index contributed by atoms with van der Waals surface area (Å²) in [5, 5.41) is 17.4. The van der Waals surface area contributed by atoms with E-state index in [0.717, 1.165) is 23.6 Å². The minimum atomic E-state index is -0.00655. The van der Waals surface area contributed by atoms with E-state index in [1.165, 1.54) is 12.8 Å². The Morgan fingerprint density at radius 1 is 1.38 bits per heavy atom. The molecule has 0 saturated heterocycles. The Labute approximate surface area is 128 Å². The smallest absolute Gasteiger partial charge is 0.210 e. The standard InChI is InChI=1S/C13H21N7S/c1-9(14)12(10-7-15-19(2)8-10)21-13-16-17-18-20(13)11-5-3-4-6-11/h7-9,11-12H,3-6,14H2,1-2H3. The lowest BCUT2D eigenvalue weighted by atomic mass is 10.1. The van der Waals surface area contributed by atoms with Gasteiger partial charge < -0.3 is 5.73 Å². The van der Waals surface area contributed by atoms with Crippen LogP contribution in [0.15, 0.2) is 17.6 Å². The van der Waals surface area contributed by atoms with Gasteiger partial charge in [0.25, 0.3) is 0 Å². The fourth-order valence-electron chi connectivity index (χ4n) is 2.82. The van der Waals surface area contributed by atoms with Gasteiger partial charge in [0.2, 0.25) is 5.16 Å². The van der Waals surface area contributed by atoms with Crippen LogP contribution >= 0.6 is 11.8 Å². The van der Waals surface area contributed by atoms with E-state index in [1.54, 1.807) is 16.4 Å². The highest BCUT2D eigenvalue weighted by Gasteiger charge is 2.26. The van der Waals surface area contributed by atoms with Gasteiger partial charge in [-0.1, -0.05) is 24.6 Å². The zero-order valence-electron chi connectivity index (χ0n) is 12.4. The van der Waals surface area contributed by atoms with Crippen LogP contribution in [0.25, 0.3) is 0 Å². The number of nitrogens with zero attached hydrogens (tertiary/aromatic N) is 6. The molecule has 8 heteroatoms. The second-order valence-electron chi connectivity index (χ2n) is 5.69. The Hall–Kier alpha value is -1.41. The number of aryl methyl sites for hydroxylation is 1. The molecule has 1 saturated carbocycles. The van der Waals surface area contributed by atoms with Crippen molar-refractivity contribution in [1.82, 2.24) is 30.0 Å². The largest absolute Gasteiger partial charge is 0.327 e. The topological polar surface area (TPSA) is 87.4 Å². The first kappa shape index (κ1) is 14.5. The van der Waals surface area contributed by atoms with Crippen LogP contribution < -0.4 is 5.73 Å². The summed E-state index contributed by atoms with van der Waals surface area (Å²) in [5.41, 5.74) is 7.27. The van der Waals surface area contributed by atoms with Crippen molar-refractivity contribution in [2.45, 2.75) is 55.1 Å². The summed E-state index contributed by atoms with van der Waals surface area (Å²) in [5.74, 6) is 0. The van der Waals surface area contributed by atoms with Gasteiger partial charge in [0.1, 0.15) is 0 Å². The van der Waals surface area contributed by atoms with Gasteiger partial charge in [0.05, 0.1) is 17.5 Å². The predicted molar refractivity (Wildman–Crippen MR) is 80.8 cm³/mol. The Bertz CT molecular complexity index is 585. The fourth-order valence-corrected chi connectivity index (χ4v) is 3.90. The third kappa shape index (κ3) is 3.11. The molecule has 3 rings (SSSR count). The molecular weight excluding hydrogens is 286 g/mol. The van der Waals surface area contributed by atoms with Crippen LogP contribution in [-0.2, 0) is 7.05 Å². The Kier molecular flexibility index (Phi) is 4.25. The number of rotatable bonds is 5. The molecule has 2 unspecified atom stereocenters. The van der Waals surface area contributed by atoms with Crippen molar-refractivity contribution in [3.63, 3.8) is 0 Å². The van der Waals surface area contributed by atoms with Gasteiger partial charge >= 0.3 is 0 Å². The molecule has 2 N–H and O–H groups in total. The highest BCUT2D eigenvalue weighted by Crippen LogP contribution is 2.38. The lowest BCUT2D eigenvalue weighted by molar-refractivity contribution is 0.422. The number of thioether (sulfide) groups is 1. The van der Waals surface area contributed by atoms with Crippen molar-refractivity contribution >= 4 is 11.8 Å². The molecule has 2 aromatic heterocycles. The maximum atomic E-state index is 6.16. The summed E-state index contributed by atoms with van der Waals surface area (Å²) in [7, 11) is 1.91. The first-order chi connectivity index (χ1) is 10.1. The molecule has 2 atom stereocenters. The van der Waals surface area contributed by atoms with E-state index in [0.29, 0.717) is 6.04 Å². The zero-order chi connectivity index (χ0) is 14.8. The van der Waals surface area contributed by atoms with Crippen molar-refractivity contribution in [1.29, 1.82) is 0 Å². The first-order valence-corrected chi connectivity index (χ1v) is 8.22. The highest BCUT2D eigenvalue weighted by molar-refractivity contribution is 7.99. The molecule has 2 heterocycles. The number of tetrazole rings is 1. The van der Waals surface area contributed by atoms with Gasteiger partial charge in [0.15, 0.2) is 0 Å². The van der Waals surface area contributed by atoms with E-state index < -0.39 is 0 Å². The Morgan fingerprint density at radius 2 is 2.14 bits per heavy atom. The van der Waals surface area contributed by atoms with Gasteiger partial charge in [0, 0.05) is 24.8 Å². The normalized spacial score (nSPS) is 19.0. The van der Waals surface area contributed by atoms with E-state index >= 15 is 0 Å². The summed E-state index contributed by atoms with van der Waals surface area (Å²) >= 11 is 1.63. The van der Waals surface area contributed by atoms with Gasteiger partial charge in [-0.3, -0.25) is 4.68 Å².